The molecule has 0 bridgehead atoms. The molecule has 0 fully saturated rings. The Morgan fingerprint density at radius 1 is 1.10 bits per heavy atom. The second-order valence-corrected chi connectivity index (χ2v) is 6.68. The fraction of sp³-hybridized carbons (Fsp3) is 0.227. The number of carbonyl (C=O) groups is 2. The van der Waals surface area contributed by atoms with Gasteiger partial charge in [0.25, 0.3) is 0 Å². The van der Waals surface area contributed by atoms with Gasteiger partial charge in [-0.1, -0.05) is 31.2 Å². The normalized spacial score (nSPS) is 18.4. The summed E-state index contributed by atoms with van der Waals surface area (Å²) in [5.74, 6) is -0.589. The largest absolute Gasteiger partial charge is 0.423 e. The Morgan fingerprint density at radius 2 is 1.79 bits per heavy atom. The van der Waals surface area contributed by atoms with Crippen LogP contribution in [0.25, 0.3) is 0 Å². The number of hydrogen-bond donors (Lipinski definition) is 0. The van der Waals surface area contributed by atoms with Crippen LogP contribution in [0.15, 0.2) is 65.2 Å². The molecule has 0 saturated carbocycles. The Kier molecular flexibility index (Phi) is 5.42. The topological polar surface area (TPSA) is 55.7 Å². The summed E-state index contributed by atoms with van der Waals surface area (Å²) >= 11 is 0. The third kappa shape index (κ3) is 4.29. The van der Waals surface area contributed by atoms with Crippen molar-refractivity contribution in [2.24, 2.45) is 4.99 Å². The predicted molar refractivity (Wildman–Crippen MR) is 102 cm³/mol. The number of halogens is 3. The van der Waals surface area contributed by atoms with Gasteiger partial charge in [-0.15, -0.1) is 0 Å². The summed E-state index contributed by atoms with van der Waals surface area (Å²) in [5, 5.41) is 0. The van der Waals surface area contributed by atoms with E-state index in [0.717, 1.165) is 12.1 Å². The van der Waals surface area contributed by atoms with E-state index in [1.54, 1.807) is 24.3 Å². The molecule has 0 amide bonds. The van der Waals surface area contributed by atoms with Crippen molar-refractivity contribution in [2.75, 3.05) is 0 Å². The molecule has 0 aromatic heterocycles. The van der Waals surface area contributed by atoms with Gasteiger partial charge >= 0.3 is 12.1 Å². The molecule has 3 rings (SSSR count). The van der Waals surface area contributed by atoms with Crippen LogP contribution in [0.5, 0.6) is 5.75 Å². The van der Waals surface area contributed by atoms with Crippen molar-refractivity contribution in [3.05, 3.63) is 76.9 Å². The summed E-state index contributed by atoms with van der Waals surface area (Å²) in [6, 6.07) is 11.0. The zero-order valence-electron chi connectivity index (χ0n) is 15.8. The standard InChI is InChI=1S/C22H18F3NO3/c1-3-21(17-7-9-18(10-8-17)22(23,24)25)12-16(13-26-21)20(28)29-19-6-4-5-15(11-19)14(2)27/h4-13H,3H2,1-2H3. The number of ketones is 1. The summed E-state index contributed by atoms with van der Waals surface area (Å²) in [5.41, 5.74) is -0.522. The van der Waals surface area contributed by atoms with E-state index >= 15 is 0 Å². The highest BCUT2D eigenvalue weighted by molar-refractivity contribution is 6.12. The molecule has 7 heteroatoms. The van der Waals surface area contributed by atoms with E-state index in [9.17, 15) is 22.8 Å². The molecule has 1 aliphatic rings. The van der Waals surface area contributed by atoms with Crippen LogP contribution < -0.4 is 4.74 Å². The van der Waals surface area contributed by atoms with Crippen LogP contribution in [0.1, 0.15) is 41.8 Å². The summed E-state index contributed by atoms with van der Waals surface area (Å²) in [7, 11) is 0. The van der Waals surface area contributed by atoms with Gasteiger partial charge in [-0.3, -0.25) is 9.79 Å². The van der Waals surface area contributed by atoms with Gasteiger partial charge in [-0.25, -0.2) is 4.79 Å². The molecule has 0 saturated heterocycles. The van der Waals surface area contributed by atoms with E-state index in [2.05, 4.69) is 4.99 Å². The molecule has 1 aliphatic heterocycles. The molecular formula is C22H18F3NO3. The number of Topliss-reactive ketones (excluding diaryl/α,β-unsaturated/α-hetero) is 1. The van der Waals surface area contributed by atoms with Crippen molar-refractivity contribution < 1.29 is 27.5 Å². The van der Waals surface area contributed by atoms with E-state index < -0.39 is 23.2 Å². The summed E-state index contributed by atoms with van der Waals surface area (Å²) < 4.78 is 43.7. The quantitative estimate of drug-likeness (QED) is 0.397. The number of hydrogen-bond acceptors (Lipinski definition) is 4. The lowest BCUT2D eigenvalue weighted by Crippen LogP contribution is -2.19. The lowest BCUT2D eigenvalue weighted by Gasteiger charge is -2.23. The Labute approximate surface area is 165 Å². The van der Waals surface area contributed by atoms with Gasteiger partial charge in [-0.05, 0) is 49.2 Å². The van der Waals surface area contributed by atoms with Crippen LogP contribution in [0.3, 0.4) is 0 Å². The SMILES string of the molecule is CCC1(c2ccc(C(F)(F)F)cc2)C=C(C(=O)Oc2cccc(C(C)=O)c2)C=N1. The minimum absolute atomic E-state index is 0.156. The second-order valence-electron chi connectivity index (χ2n) is 6.68. The van der Waals surface area contributed by atoms with E-state index in [1.807, 2.05) is 6.92 Å². The first-order valence-electron chi connectivity index (χ1n) is 8.93. The van der Waals surface area contributed by atoms with E-state index in [1.165, 1.54) is 31.3 Å². The third-order valence-electron chi connectivity index (χ3n) is 4.77. The van der Waals surface area contributed by atoms with Crippen LogP contribution in [-0.2, 0) is 16.5 Å². The summed E-state index contributed by atoms with van der Waals surface area (Å²) in [6.07, 6.45) is -1.02. The Bertz CT molecular complexity index is 1010. The first kappa shape index (κ1) is 20.5. The van der Waals surface area contributed by atoms with Crippen LogP contribution in [0.2, 0.25) is 0 Å². The molecule has 0 N–H and O–H groups in total. The second kappa shape index (κ2) is 7.66. The molecule has 0 radical (unpaired) electrons. The number of aliphatic imine (C=N–C) groups is 1. The maximum atomic E-state index is 12.8. The van der Waals surface area contributed by atoms with Crippen LogP contribution in [0.4, 0.5) is 13.2 Å². The highest BCUT2D eigenvalue weighted by Crippen LogP contribution is 2.37. The fourth-order valence-corrected chi connectivity index (χ4v) is 3.08. The van der Waals surface area contributed by atoms with Crippen molar-refractivity contribution in [3.63, 3.8) is 0 Å². The predicted octanol–water partition coefficient (Wildman–Crippen LogP) is 5.13. The average Bonchev–Trinajstić information content (AvgIpc) is 3.14. The molecule has 1 atom stereocenters. The molecule has 2 aromatic carbocycles. The monoisotopic (exact) mass is 401 g/mol. The van der Waals surface area contributed by atoms with Crippen LogP contribution >= 0.6 is 0 Å². The Morgan fingerprint density at radius 3 is 2.38 bits per heavy atom. The van der Waals surface area contributed by atoms with Crippen molar-refractivity contribution in [3.8, 4) is 5.75 Å². The number of ether oxygens (including phenoxy) is 1. The fourth-order valence-electron chi connectivity index (χ4n) is 3.08. The highest BCUT2D eigenvalue weighted by Gasteiger charge is 2.35. The molecule has 29 heavy (non-hydrogen) atoms. The lowest BCUT2D eigenvalue weighted by atomic mass is 9.87. The third-order valence-corrected chi connectivity index (χ3v) is 4.77. The number of carbonyl (C=O) groups excluding carboxylic acids is 2. The van der Waals surface area contributed by atoms with Gasteiger partial charge < -0.3 is 4.74 Å². The van der Waals surface area contributed by atoms with Crippen molar-refractivity contribution in [1.82, 2.24) is 0 Å². The van der Waals surface area contributed by atoms with Gasteiger partial charge in [0.05, 0.1) is 11.1 Å². The van der Waals surface area contributed by atoms with Gasteiger partial charge in [0, 0.05) is 11.8 Å². The minimum atomic E-state index is -4.42. The maximum Gasteiger partial charge on any atom is 0.416 e. The number of nitrogens with zero attached hydrogens (tertiary/aromatic N) is 1. The summed E-state index contributed by atoms with van der Waals surface area (Å²) in [6.45, 7) is 3.24. The lowest BCUT2D eigenvalue weighted by molar-refractivity contribution is -0.137. The van der Waals surface area contributed by atoms with Crippen molar-refractivity contribution in [2.45, 2.75) is 32.0 Å². The number of esters is 1. The number of alkyl halides is 3. The molecule has 4 nitrogen and oxygen atoms in total. The number of benzene rings is 2. The first-order chi connectivity index (χ1) is 13.6. The van der Waals surface area contributed by atoms with E-state index in [4.69, 9.17) is 4.74 Å². The number of rotatable bonds is 5. The molecule has 1 heterocycles. The first-order valence-corrected chi connectivity index (χ1v) is 8.93. The van der Waals surface area contributed by atoms with E-state index in [0.29, 0.717) is 17.5 Å². The Balaban J connectivity index is 1.83. The zero-order valence-corrected chi connectivity index (χ0v) is 15.8. The van der Waals surface area contributed by atoms with E-state index in [-0.39, 0.29) is 17.1 Å². The van der Waals surface area contributed by atoms with Gasteiger partial charge in [0.15, 0.2) is 5.78 Å². The molecule has 0 spiro atoms. The van der Waals surface area contributed by atoms with Gasteiger partial charge in [0.1, 0.15) is 11.3 Å². The average molecular weight is 401 g/mol. The van der Waals surface area contributed by atoms with Crippen molar-refractivity contribution in [1.29, 1.82) is 0 Å². The minimum Gasteiger partial charge on any atom is -0.423 e. The molecule has 1 unspecified atom stereocenters. The van der Waals surface area contributed by atoms with Crippen LogP contribution in [0, 0.1) is 0 Å². The van der Waals surface area contributed by atoms with Crippen LogP contribution in [-0.4, -0.2) is 18.0 Å². The maximum absolute atomic E-state index is 12.8. The van der Waals surface area contributed by atoms with Gasteiger partial charge in [0.2, 0.25) is 0 Å². The van der Waals surface area contributed by atoms with Gasteiger partial charge in [-0.2, -0.15) is 13.2 Å². The smallest absolute Gasteiger partial charge is 0.416 e. The molecular weight excluding hydrogens is 383 g/mol. The molecule has 150 valence electrons. The van der Waals surface area contributed by atoms with Crippen molar-refractivity contribution >= 4 is 18.0 Å². The summed E-state index contributed by atoms with van der Waals surface area (Å²) in [4.78, 5) is 28.3. The zero-order chi connectivity index (χ0) is 21.2. The molecule has 2 aromatic rings. The Hall–Kier alpha value is -3.22. The highest BCUT2D eigenvalue weighted by atomic mass is 19.4. The molecule has 0 aliphatic carbocycles.